The molecule has 0 radical (unpaired) electrons. The molecule has 1 saturated heterocycles. The third-order valence-corrected chi connectivity index (χ3v) is 3.91. The summed E-state index contributed by atoms with van der Waals surface area (Å²) < 4.78 is 26.4. The zero-order valence-corrected chi connectivity index (χ0v) is 11.7. The SMILES string of the molecule is CC1(C)CCCN(Cc2cc(F)cc(F)c2)C1C(=O)O. The molecule has 1 N–H and O–H groups in total. The lowest BCUT2D eigenvalue weighted by atomic mass is 9.76. The van der Waals surface area contributed by atoms with E-state index in [2.05, 4.69) is 0 Å². The molecule has 2 rings (SSSR count). The van der Waals surface area contributed by atoms with Crippen molar-refractivity contribution in [2.24, 2.45) is 5.41 Å². The third kappa shape index (κ3) is 3.15. The average molecular weight is 283 g/mol. The highest BCUT2D eigenvalue weighted by molar-refractivity contribution is 5.74. The molecule has 1 atom stereocenters. The molecular weight excluding hydrogens is 264 g/mol. The molecule has 1 heterocycles. The number of carbonyl (C=O) groups is 1. The zero-order valence-electron chi connectivity index (χ0n) is 11.7. The van der Waals surface area contributed by atoms with Crippen LogP contribution in [0.5, 0.6) is 0 Å². The molecule has 110 valence electrons. The maximum absolute atomic E-state index is 13.2. The predicted molar refractivity (Wildman–Crippen MR) is 71.2 cm³/mol. The molecule has 20 heavy (non-hydrogen) atoms. The Morgan fingerprint density at radius 2 is 1.95 bits per heavy atom. The van der Waals surface area contributed by atoms with Crippen molar-refractivity contribution in [1.82, 2.24) is 4.90 Å². The van der Waals surface area contributed by atoms with Crippen LogP contribution in [0.15, 0.2) is 18.2 Å². The second-order valence-electron chi connectivity index (χ2n) is 6.08. The van der Waals surface area contributed by atoms with E-state index in [4.69, 9.17) is 0 Å². The summed E-state index contributed by atoms with van der Waals surface area (Å²) in [6, 6.07) is 2.69. The van der Waals surface area contributed by atoms with E-state index < -0.39 is 23.6 Å². The van der Waals surface area contributed by atoms with Crippen molar-refractivity contribution in [2.75, 3.05) is 6.54 Å². The summed E-state index contributed by atoms with van der Waals surface area (Å²) in [6.45, 7) is 4.71. The van der Waals surface area contributed by atoms with E-state index in [1.165, 1.54) is 12.1 Å². The number of aliphatic carboxylic acids is 1. The molecule has 1 unspecified atom stereocenters. The van der Waals surface area contributed by atoms with Gasteiger partial charge in [0.1, 0.15) is 17.7 Å². The van der Waals surface area contributed by atoms with Crippen LogP contribution in [-0.2, 0) is 11.3 Å². The van der Waals surface area contributed by atoms with Gasteiger partial charge in [0, 0.05) is 12.6 Å². The monoisotopic (exact) mass is 283 g/mol. The Kier molecular flexibility index (Phi) is 4.09. The highest BCUT2D eigenvalue weighted by Gasteiger charge is 2.42. The lowest BCUT2D eigenvalue weighted by Gasteiger charge is -2.44. The number of benzene rings is 1. The van der Waals surface area contributed by atoms with Crippen LogP contribution >= 0.6 is 0 Å². The quantitative estimate of drug-likeness (QED) is 0.927. The first-order valence-corrected chi connectivity index (χ1v) is 6.71. The molecule has 0 amide bonds. The van der Waals surface area contributed by atoms with Gasteiger partial charge in [-0.1, -0.05) is 13.8 Å². The first kappa shape index (κ1) is 14.9. The number of halogens is 2. The van der Waals surface area contributed by atoms with Gasteiger partial charge in [-0.15, -0.1) is 0 Å². The van der Waals surface area contributed by atoms with Crippen molar-refractivity contribution >= 4 is 5.97 Å². The fourth-order valence-electron chi connectivity index (χ4n) is 3.10. The number of likely N-dealkylation sites (tertiary alicyclic amines) is 1. The van der Waals surface area contributed by atoms with E-state index in [9.17, 15) is 18.7 Å². The number of hydrogen-bond acceptors (Lipinski definition) is 2. The first-order chi connectivity index (χ1) is 9.29. The minimum absolute atomic E-state index is 0.245. The molecule has 0 bridgehead atoms. The van der Waals surface area contributed by atoms with Gasteiger partial charge in [-0.05, 0) is 42.5 Å². The number of carboxylic acids is 1. The van der Waals surface area contributed by atoms with Crippen molar-refractivity contribution in [3.05, 3.63) is 35.4 Å². The van der Waals surface area contributed by atoms with Gasteiger partial charge in [0.25, 0.3) is 0 Å². The van der Waals surface area contributed by atoms with Crippen LogP contribution in [-0.4, -0.2) is 28.6 Å². The molecule has 1 aromatic carbocycles. The second kappa shape index (κ2) is 5.48. The van der Waals surface area contributed by atoms with Crippen LogP contribution in [0.1, 0.15) is 32.3 Å². The minimum Gasteiger partial charge on any atom is -0.480 e. The van der Waals surface area contributed by atoms with Crippen molar-refractivity contribution in [1.29, 1.82) is 0 Å². The maximum atomic E-state index is 13.2. The Morgan fingerprint density at radius 3 is 2.50 bits per heavy atom. The van der Waals surface area contributed by atoms with Crippen LogP contribution in [0.4, 0.5) is 8.78 Å². The zero-order chi connectivity index (χ0) is 14.9. The Bertz CT molecular complexity index is 496. The van der Waals surface area contributed by atoms with E-state index in [0.717, 1.165) is 18.9 Å². The Morgan fingerprint density at radius 1 is 1.35 bits per heavy atom. The lowest BCUT2D eigenvalue weighted by Crippen LogP contribution is -2.53. The van der Waals surface area contributed by atoms with Crippen molar-refractivity contribution in [3.63, 3.8) is 0 Å². The molecule has 0 aliphatic carbocycles. The largest absolute Gasteiger partial charge is 0.480 e. The molecule has 3 nitrogen and oxygen atoms in total. The van der Waals surface area contributed by atoms with Gasteiger partial charge in [0.05, 0.1) is 0 Å². The summed E-state index contributed by atoms with van der Waals surface area (Å²) in [4.78, 5) is 13.3. The standard InChI is InChI=1S/C15H19F2NO2/c1-15(2)4-3-5-18(13(15)14(19)20)9-10-6-11(16)8-12(17)7-10/h6-8,13H,3-5,9H2,1-2H3,(H,19,20). The average Bonchev–Trinajstić information content (AvgIpc) is 2.25. The molecule has 0 aromatic heterocycles. The van der Waals surface area contributed by atoms with Crippen LogP contribution in [0.3, 0.4) is 0 Å². The third-order valence-electron chi connectivity index (χ3n) is 3.91. The van der Waals surface area contributed by atoms with Gasteiger partial charge in [-0.25, -0.2) is 8.78 Å². The Hall–Kier alpha value is -1.49. The summed E-state index contributed by atoms with van der Waals surface area (Å²) in [5.41, 5.74) is 0.113. The van der Waals surface area contributed by atoms with Gasteiger partial charge < -0.3 is 5.11 Å². The number of rotatable bonds is 3. The second-order valence-corrected chi connectivity index (χ2v) is 6.08. The lowest BCUT2D eigenvalue weighted by molar-refractivity contribution is -0.151. The van der Waals surface area contributed by atoms with Crippen LogP contribution < -0.4 is 0 Å². The minimum atomic E-state index is -0.883. The predicted octanol–water partition coefficient (Wildman–Crippen LogP) is 3.04. The van der Waals surface area contributed by atoms with E-state index in [1.54, 1.807) is 4.90 Å². The van der Waals surface area contributed by atoms with E-state index in [1.807, 2.05) is 13.8 Å². The molecule has 0 spiro atoms. The molecule has 1 aliphatic heterocycles. The highest BCUT2D eigenvalue weighted by atomic mass is 19.1. The van der Waals surface area contributed by atoms with Gasteiger partial charge in [-0.2, -0.15) is 0 Å². The Balaban J connectivity index is 2.24. The van der Waals surface area contributed by atoms with Crippen molar-refractivity contribution < 1.29 is 18.7 Å². The molecule has 1 aromatic rings. The smallest absolute Gasteiger partial charge is 0.321 e. The molecule has 1 fully saturated rings. The van der Waals surface area contributed by atoms with Gasteiger partial charge in [0.15, 0.2) is 0 Å². The Labute approximate surface area is 117 Å². The number of carboxylic acid groups (broad SMARTS) is 1. The topological polar surface area (TPSA) is 40.5 Å². The summed E-state index contributed by atoms with van der Waals surface area (Å²) in [7, 11) is 0. The van der Waals surface area contributed by atoms with Crippen molar-refractivity contribution in [3.8, 4) is 0 Å². The fraction of sp³-hybridized carbons (Fsp3) is 0.533. The number of piperidine rings is 1. The summed E-state index contributed by atoms with van der Waals surface area (Å²) >= 11 is 0. The van der Waals surface area contributed by atoms with Crippen LogP contribution in [0.25, 0.3) is 0 Å². The number of hydrogen-bond donors (Lipinski definition) is 1. The molecule has 5 heteroatoms. The molecule has 1 aliphatic rings. The van der Waals surface area contributed by atoms with Gasteiger partial charge in [0.2, 0.25) is 0 Å². The van der Waals surface area contributed by atoms with E-state index >= 15 is 0 Å². The maximum Gasteiger partial charge on any atom is 0.321 e. The summed E-state index contributed by atoms with van der Waals surface area (Å²) in [6.07, 6.45) is 1.71. The number of nitrogens with zero attached hydrogens (tertiary/aromatic N) is 1. The van der Waals surface area contributed by atoms with Crippen LogP contribution in [0.2, 0.25) is 0 Å². The van der Waals surface area contributed by atoms with E-state index in [0.29, 0.717) is 12.1 Å². The van der Waals surface area contributed by atoms with Gasteiger partial charge >= 0.3 is 5.97 Å². The van der Waals surface area contributed by atoms with Crippen LogP contribution in [0, 0.1) is 17.0 Å². The molecular formula is C15H19F2NO2. The van der Waals surface area contributed by atoms with Crippen molar-refractivity contribution in [2.45, 2.75) is 39.3 Å². The fourth-order valence-corrected chi connectivity index (χ4v) is 3.10. The normalized spacial score (nSPS) is 22.7. The summed E-state index contributed by atoms with van der Waals surface area (Å²) in [5, 5.41) is 9.44. The van der Waals surface area contributed by atoms with Gasteiger partial charge in [-0.3, -0.25) is 9.69 Å². The van der Waals surface area contributed by atoms with E-state index in [-0.39, 0.29) is 12.0 Å². The highest BCUT2D eigenvalue weighted by Crippen LogP contribution is 2.36. The first-order valence-electron chi connectivity index (χ1n) is 6.71. The summed E-state index contributed by atoms with van der Waals surface area (Å²) in [5.74, 6) is -2.15. The molecule has 0 saturated carbocycles.